The Hall–Kier alpha value is -5.38. The first kappa shape index (κ1) is 49.1. The van der Waals surface area contributed by atoms with Crippen LogP contribution in [0.4, 0.5) is 0 Å². The lowest BCUT2D eigenvalue weighted by molar-refractivity contribution is -0.146. The Morgan fingerprint density at radius 3 is 2.25 bits per heavy atom. The van der Waals surface area contributed by atoms with Crippen molar-refractivity contribution in [3.63, 3.8) is 0 Å². The summed E-state index contributed by atoms with van der Waals surface area (Å²) in [5.41, 5.74) is 10.9. The van der Waals surface area contributed by atoms with E-state index < -0.39 is 11.9 Å². The first-order valence-corrected chi connectivity index (χ1v) is 24.1. The molecule has 10 heteroatoms. The van der Waals surface area contributed by atoms with Crippen molar-refractivity contribution in [1.29, 1.82) is 0 Å². The first-order valence-electron chi connectivity index (χ1n) is 24.1. The standard InChI is InChI=1S/C55H72N4O6/c1-12-38-35(8)42-27-43-36(9)40(23-24-48(61)65-26-25-34(7)22-16-21-33(6)20-15-19-32(5)18-14-17-31(3)4)52(58-43)50-51(55(63)64-11)54(62)49-37(10)44(59-53(49)50)28-46-39(13-2)41(30-60)47(57-46)29-45(38)56-42/h12,25,27-33,36,40,51,58,60H,1,13-24,26H2,2-11H3/b34-25+,41-30?,43-27?,44-28?,45-29?,52-50?/t32-,33-,36+,40+,51?/m1/s1. The molecule has 6 rings (SSSR count). The molecule has 0 spiro atoms. The number of hydrogen-bond acceptors (Lipinski definition) is 10. The molecule has 1 saturated carbocycles. The number of rotatable bonds is 20. The van der Waals surface area contributed by atoms with Crippen LogP contribution in [-0.4, -0.2) is 53.7 Å². The van der Waals surface area contributed by atoms with Gasteiger partial charge in [0.1, 0.15) is 12.5 Å². The van der Waals surface area contributed by atoms with Gasteiger partial charge in [-0.1, -0.05) is 105 Å². The molecular weight excluding hydrogens is 813 g/mol. The highest BCUT2D eigenvalue weighted by molar-refractivity contribution is 6.42. The normalized spacial score (nSPS) is 23.2. The van der Waals surface area contributed by atoms with Crippen LogP contribution in [0.25, 0.3) is 0 Å². The third kappa shape index (κ3) is 10.8. The Labute approximate surface area is 387 Å². The summed E-state index contributed by atoms with van der Waals surface area (Å²) in [7, 11) is 1.29. The molecule has 2 N–H and O–H groups in total. The van der Waals surface area contributed by atoms with Crippen molar-refractivity contribution in [2.45, 2.75) is 139 Å². The lowest BCUT2D eigenvalue weighted by Crippen LogP contribution is -2.26. The topological polar surface area (TPSA) is 139 Å². The van der Waals surface area contributed by atoms with E-state index in [4.69, 9.17) is 24.5 Å². The first-order chi connectivity index (χ1) is 31.1. The minimum atomic E-state index is -1.23. The van der Waals surface area contributed by atoms with Crippen molar-refractivity contribution in [2.75, 3.05) is 13.7 Å². The molecule has 10 nitrogen and oxygen atoms in total. The van der Waals surface area contributed by atoms with Crippen LogP contribution >= 0.6 is 0 Å². The van der Waals surface area contributed by atoms with Gasteiger partial charge in [-0.3, -0.25) is 14.4 Å². The Morgan fingerprint density at radius 2 is 1.60 bits per heavy atom. The highest BCUT2D eigenvalue weighted by Gasteiger charge is 2.52. The van der Waals surface area contributed by atoms with Crippen LogP contribution in [0.15, 0.2) is 131 Å². The smallest absolute Gasteiger partial charge is 0.321 e. The molecule has 6 aliphatic rings. The average molecular weight is 885 g/mol. The third-order valence-corrected chi connectivity index (χ3v) is 14.2. The van der Waals surface area contributed by atoms with Crippen molar-refractivity contribution in [2.24, 2.45) is 50.5 Å². The number of fused-ring (bicyclic) bond motifs is 5. The summed E-state index contributed by atoms with van der Waals surface area (Å²) in [6.45, 7) is 23.7. The number of aliphatic hydroxyl groups is 1. The summed E-state index contributed by atoms with van der Waals surface area (Å²) < 4.78 is 11.0. The van der Waals surface area contributed by atoms with Crippen LogP contribution in [0.1, 0.15) is 139 Å². The highest BCUT2D eigenvalue weighted by atomic mass is 16.5. The molecule has 5 heterocycles. The van der Waals surface area contributed by atoms with Gasteiger partial charge in [0.15, 0.2) is 5.78 Å². The van der Waals surface area contributed by atoms with Gasteiger partial charge in [0.2, 0.25) is 0 Å². The second-order valence-corrected chi connectivity index (χ2v) is 19.4. The lowest BCUT2D eigenvalue weighted by Gasteiger charge is -2.19. The number of Topliss-reactive ketones (excluding diaryl/α,β-unsaturated/α-hetero) is 1. The number of carbonyl (C=O) groups is 3. The molecule has 2 fully saturated rings. The van der Waals surface area contributed by atoms with E-state index in [9.17, 15) is 19.5 Å². The van der Waals surface area contributed by atoms with Crippen LogP contribution in [0.3, 0.4) is 0 Å². The van der Waals surface area contributed by atoms with E-state index >= 15 is 0 Å². The van der Waals surface area contributed by atoms with Crippen LogP contribution in [0, 0.1) is 35.5 Å². The molecule has 65 heavy (non-hydrogen) atoms. The molecule has 1 aliphatic carbocycles. The predicted octanol–water partition coefficient (Wildman–Crippen LogP) is 12.1. The molecule has 0 aromatic heterocycles. The minimum absolute atomic E-state index is 0.139. The van der Waals surface area contributed by atoms with E-state index in [0.29, 0.717) is 81.0 Å². The maximum Gasteiger partial charge on any atom is 0.321 e. The number of carbonyl (C=O) groups excluding carboxylic acids is 3. The molecule has 0 radical (unpaired) electrons. The molecule has 0 aromatic carbocycles. The minimum Gasteiger partial charge on any atom is -0.515 e. The Bertz CT molecular complexity index is 2350. The van der Waals surface area contributed by atoms with Gasteiger partial charge in [-0.2, -0.15) is 0 Å². The third-order valence-electron chi connectivity index (χ3n) is 14.2. The average Bonchev–Trinajstić information content (AvgIpc) is 4.02. The molecule has 348 valence electrons. The number of aliphatic hydroxyl groups excluding tert-OH is 1. The zero-order chi connectivity index (χ0) is 47.1. The Kier molecular flexibility index (Phi) is 16.4. The van der Waals surface area contributed by atoms with Crippen LogP contribution in [-0.2, 0) is 23.9 Å². The van der Waals surface area contributed by atoms with Crippen molar-refractivity contribution >= 4 is 34.9 Å². The van der Waals surface area contributed by atoms with E-state index in [1.54, 1.807) is 6.08 Å². The van der Waals surface area contributed by atoms with Gasteiger partial charge in [0.25, 0.3) is 0 Å². The number of nitrogens with zero attached hydrogens (tertiary/aromatic N) is 3. The van der Waals surface area contributed by atoms with Crippen molar-refractivity contribution < 1.29 is 29.0 Å². The van der Waals surface area contributed by atoms with Crippen LogP contribution < -0.4 is 5.32 Å². The van der Waals surface area contributed by atoms with Gasteiger partial charge in [-0.05, 0) is 105 Å². The van der Waals surface area contributed by atoms with E-state index in [1.807, 2.05) is 45.1 Å². The zero-order valence-corrected chi connectivity index (χ0v) is 40.7. The maximum atomic E-state index is 14.4. The molecule has 1 unspecified atom stereocenters. The second kappa shape index (κ2) is 21.7. The summed E-state index contributed by atoms with van der Waals surface area (Å²) in [6, 6.07) is 0. The van der Waals surface area contributed by atoms with E-state index in [1.165, 1.54) is 57.6 Å². The number of allylic oxidation sites excluding steroid dienone is 12. The summed E-state index contributed by atoms with van der Waals surface area (Å²) in [5.74, 6) is -0.732. The van der Waals surface area contributed by atoms with E-state index in [0.717, 1.165) is 53.4 Å². The molecule has 1 saturated heterocycles. The second-order valence-electron chi connectivity index (χ2n) is 19.4. The summed E-state index contributed by atoms with van der Waals surface area (Å²) in [5, 5.41) is 14.1. The molecular formula is C55H72N4O6. The number of ether oxygens (including phenoxy) is 2. The van der Waals surface area contributed by atoms with E-state index in [2.05, 4.69) is 53.4 Å². The molecule has 0 amide bonds. The summed E-state index contributed by atoms with van der Waals surface area (Å²) in [4.78, 5) is 56.5. The fraction of sp³-hybridized carbons (Fsp3) is 0.527. The Morgan fingerprint density at radius 1 is 0.908 bits per heavy atom. The molecule has 5 atom stereocenters. The van der Waals surface area contributed by atoms with Crippen LogP contribution in [0.2, 0.25) is 0 Å². The lowest BCUT2D eigenvalue weighted by atomic mass is 9.85. The fourth-order valence-electron chi connectivity index (χ4n) is 10.1. The molecule has 5 aliphatic heterocycles. The number of ketones is 1. The van der Waals surface area contributed by atoms with Gasteiger partial charge < -0.3 is 19.9 Å². The Balaban J connectivity index is 1.21. The number of esters is 2. The van der Waals surface area contributed by atoms with Gasteiger partial charge in [0, 0.05) is 51.9 Å². The largest absolute Gasteiger partial charge is 0.515 e. The summed E-state index contributed by atoms with van der Waals surface area (Å²) in [6.07, 6.45) is 22.9. The maximum absolute atomic E-state index is 14.4. The molecule has 0 aromatic rings. The van der Waals surface area contributed by atoms with Gasteiger partial charge in [0.05, 0.1) is 47.6 Å². The van der Waals surface area contributed by atoms with Crippen molar-refractivity contribution in [3.8, 4) is 0 Å². The van der Waals surface area contributed by atoms with Gasteiger partial charge in [-0.15, -0.1) is 0 Å². The SMILES string of the molecule is C=CC1=C(C)C2=NC1=CC1=NC(=C(CC)C1=CO)C=C1N=C3C(=C1C)C(=O)C(C(=O)OC)C3=C1NC(=C2)[C@@H](C)[C@@H]1CCC(=O)OC/C=C(\C)CCC[C@H](C)CCC[C@H](C)CCCC(C)C. The zero-order valence-electron chi connectivity index (χ0n) is 40.7. The fourth-order valence-corrected chi connectivity index (χ4v) is 10.1. The molecule has 8 bridgehead atoms. The summed E-state index contributed by atoms with van der Waals surface area (Å²) >= 11 is 0. The van der Waals surface area contributed by atoms with Gasteiger partial charge in [-0.25, -0.2) is 15.0 Å². The van der Waals surface area contributed by atoms with Gasteiger partial charge >= 0.3 is 11.9 Å². The quantitative estimate of drug-likeness (QED) is 0.0537. The highest BCUT2D eigenvalue weighted by Crippen LogP contribution is 2.47. The number of nitrogens with one attached hydrogen (secondary N) is 1. The predicted molar refractivity (Wildman–Crippen MR) is 262 cm³/mol. The number of aliphatic imine (C=N–C) groups is 3. The number of hydrogen-bond donors (Lipinski definition) is 2. The van der Waals surface area contributed by atoms with Crippen LogP contribution in [0.5, 0.6) is 0 Å². The van der Waals surface area contributed by atoms with E-state index in [-0.39, 0.29) is 36.6 Å². The number of methoxy groups -OCH3 is 1. The van der Waals surface area contributed by atoms with Crippen molar-refractivity contribution in [1.82, 2.24) is 5.32 Å². The van der Waals surface area contributed by atoms with Crippen molar-refractivity contribution in [3.05, 3.63) is 116 Å². The monoisotopic (exact) mass is 885 g/mol.